The molecular weight excluding hydrogens is 250 g/mol. The molecule has 1 aromatic carbocycles. The van der Waals surface area contributed by atoms with Gasteiger partial charge in [-0.15, -0.1) is 0 Å². The molecule has 3 rings (SSSR count). The molecule has 0 fully saturated rings. The topological polar surface area (TPSA) is 81.1 Å². The van der Waals surface area contributed by atoms with E-state index in [1.54, 1.807) is 0 Å². The normalized spacial score (nSPS) is 15.1. The van der Waals surface area contributed by atoms with Crippen molar-refractivity contribution in [3.8, 4) is 0 Å². The Hall–Kier alpha value is -1.98. The van der Waals surface area contributed by atoms with E-state index in [9.17, 15) is 0 Å². The van der Waals surface area contributed by atoms with E-state index < -0.39 is 0 Å². The van der Waals surface area contributed by atoms with Crippen molar-refractivity contribution in [3.05, 3.63) is 52.8 Å². The van der Waals surface area contributed by atoms with Crippen LogP contribution in [0.4, 0.5) is 5.95 Å². The van der Waals surface area contributed by atoms with Crippen LogP contribution >= 0.6 is 0 Å². The number of anilines is 1. The lowest BCUT2D eigenvalue weighted by Gasteiger charge is -2.29. The van der Waals surface area contributed by atoms with Crippen molar-refractivity contribution in [1.29, 1.82) is 0 Å². The maximum Gasteiger partial charge on any atom is 0.220 e. The Kier molecular flexibility index (Phi) is 3.62. The first-order chi connectivity index (χ1) is 9.76. The number of fused-ring (bicyclic) bond motifs is 1. The molecule has 4 N–H and O–H groups in total. The molecule has 0 amide bonds. The predicted octanol–water partition coefficient (Wildman–Crippen LogP) is 1.08. The van der Waals surface area contributed by atoms with Crippen molar-refractivity contribution in [2.45, 2.75) is 26.1 Å². The minimum absolute atomic E-state index is 0.334. The van der Waals surface area contributed by atoms with Crippen molar-refractivity contribution in [2.75, 3.05) is 12.3 Å². The highest BCUT2D eigenvalue weighted by atomic mass is 15.1. The number of benzene rings is 1. The molecule has 20 heavy (non-hydrogen) atoms. The molecule has 5 heteroatoms. The maximum atomic E-state index is 5.78. The number of nitrogen functional groups attached to an aromatic ring is 1. The van der Waals surface area contributed by atoms with Gasteiger partial charge in [0.2, 0.25) is 5.95 Å². The lowest BCUT2D eigenvalue weighted by molar-refractivity contribution is 0.242. The summed E-state index contributed by atoms with van der Waals surface area (Å²) < 4.78 is 0. The van der Waals surface area contributed by atoms with E-state index in [2.05, 4.69) is 39.1 Å². The summed E-state index contributed by atoms with van der Waals surface area (Å²) in [6.45, 7) is 3.18. The van der Waals surface area contributed by atoms with Crippen LogP contribution in [-0.4, -0.2) is 21.4 Å². The summed E-state index contributed by atoms with van der Waals surface area (Å²) in [6, 6.07) is 10.5. The zero-order chi connectivity index (χ0) is 13.9. The SMILES string of the molecule is NCc1nc(N)nc2c1CN(Cc1ccccc1)CC2. The van der Waals surface area contributed by atoms with E-state index in [1.807, 2.05) is 6.07 Å². The van der Waals surface area contributed by atoms with Gasteiger partial charge in [0.05, 0.1) is 11.4 Å². The Morgan fingerprint density at radius 2 is 1.95 bits per heavy atom. The lowest BCUT2D eigenvalue weighted by Crippen LogP contribution is -2.32. The molecule has 0 radical (unpaired) electrons. The largest absolute Gasteiger partial charge is 0.368 e. The molecule has 2 heterocycles. The van der Waals surface area contributed by atoms with Crippen LogP contribution in [0.1, 0.15) is 22.5 Å². The number of nitrogens with two attached hydrogens (primary N) is 2. The van der Waals surface area contributed by atoms with Crippen molar-refractivity contribution in [3.63, 3.8) is 0 Å². The average Bonchev–Trinajstić information content (AvgIpc) is 2.48. The van der Waals surface area contributed by atoms with Gasteiger partial charge in [0.25, 0.3) is 0 Å². The fourth-order valence-electron chi connectivity index (χ4n) is 2.70. The number of hydrogen-bond donors (Lipinski definition) is 2. The highest BCUT2D eigenvalue weighted by molar-refractivity contribution is 5.33. The second kappa shape index (κ2) is 5.56. The quantitative estimate of drug-likeness (QED) is 0.871. The molecule has 0 saturated heterocycles. The van der Waals surface area contributed by atoms with Crippen molar-refractivity contribution in [2.24, 2.45) is 5.73 Å². The third kappa shape index (κ3) is 2.64. The van der Waals surface area contributed by atoms with Crippen LogP contribution in [-0.2, 0) is 26.1 Å². The standard InChI is InChI=1S/C15H19N5/c16-8-14-12-10-20(9-11-4-2-1-3-5-11)7-6-13(12)18-15(17)19-14/h1-5H,6-10,16H2,(H2,17,18,19). The van der Waals surface area contributed by atoms with Gasteiger partial charge in [0.1, 0.15) is 0 Å². The summed E-state index contributed by atoms with van der Waals surface area (Å²) in [4.78, 5) is 11.0. The second-order valence-corrected chi connectivity index (χ2v) is 5.10. The van der Waals surface area contributed by atoms with E-state index in [1.165, 1.54) is 5.56 Å². The molecule has 1 aliphatic rings. The molecule has 0 unspecified atom stereocenters. The number of rotatable bonds is 3. The first-order valence-electron chi connectivity index (χ1n) is 6.86. The number of aromatic nitrogens is 2. The van der Waals surface area contributed by atoms with E-state index in [4.69, 9.17) is 11.5 Å². The van der Waals surface area contributed by atoms with Crippen LogP contribution in [0.3, 0.4) is 0 Å². The van der Waals surface area contributed by atoms with Gasteiger partial charge >= 0.3 is 0 Å². The van der Waals surface area contributed by atoms with Crippen LogP contribution in [0.25, 0.3) is 0 Å². The van der Waals surface area contributed by atoms with Crippen LogP contribution in [0.5, 0.6) is 0 Å². The van der Waals surface area contributed by atoms with Gasteiger partial charge in [-0.1, -0.05) is 30.3 Å². The molecule has 0 atom stereocenters. The van der Waals surface area contributed by atoms with Crippen molar-refractivity contribution < 1.29 is 0 Å². The summed E-state index contributed by atoms with van der Waals surface area (Å²) in [5, 5.41) is 0. The zero-order valence-electron chi connectivity index (χ0n) is 11.4. The fourth-order valence-corrected chi connectivity index (χ4v) is 2.70. The van der Waals surface area contributed by atoms with Crippen molar-refractivity contribution in [1.82, 2.24) is 14.9 Å². The summed E-state index contributed by atoms with van der Waals surface area (Å²) in [6.07, 6.45) is 0.905. The molecule has 2 aromatic rings. The van der Waals surface area contributed by atoms with Crippen molar-refractivity contribution >= 4 is 5.95 Å². The zero-order valence-corrected chi connectivity index (χ0v) is 11.4. The third-order valence-electron chi connectivity index (χ3n) is 3.68. The summed E-state index contributed by atoms with van der Waals surface area (Å²) in [5.41, 5.74) is 15.9. The first kappa shape index (κ1) is 13.0. The number of nitrogens with zero attached hydrogens (tertiary/aromatic N) is 3. The molecule has 1 aliphatic heterocycles. The fraction of sp³-hybridized carbons (Fsp3) is 0.333. The molecule has 104 valence electrons. The van der Waals surface area contributed by atoms with Gasteiger partial charge in [0, 0.05) is 38.2 Å². The van der Waals surface area contributed by atoms with Crippen LogP contribution < -0.4 is 11.5 Å². The van der Waals surface area contributed by atoms with Crippen LogP contribution in [0, 0.1) is 0 Å². The minimum Gasteiger partial charge on any atom is -0.368 e. The monoisotopic (exact) mass is 269 g/mol. The first-order valence-corrected chi connectivity index (χ1v) is 6.86. The Labute approximate surface area is 118 Å². The molecular formula is C15H19N5. The van der Waals surface area contributed by atoms with Gasteiger partial charge < -0.3 is 11.5 Å². The predicted molar refractivity (Wildman–Crippen MR) is 78.6 cm³/mol. The lowest BCUT2D eigenvalue weighted by atomic mass is 10.0. The smallest absolute Gasteiger partial charge is 0.220 e. The molecule has 0 aliphatic carbocycles. The van der Waals surface area contributed by atoms with Crippen LogP contribution in [0.2, 0.25) is 0 Å². The Balaban J connectivity index is 1.81. The van der Waals surface area contributed by atoms with Crippen LogP contribution in [0.15, 0.2) is 30.3 Å². The summed E-state index contributed by atoms with van der Waals surface area (Å²) in [7, 11) is 0. The Morgan fingerprint density at radius 3 is 2.70 bits per heavy atom. The molecule has 1 aromatic heterocycles. The Morgan fingerprint density at radius 1 is 1.15 bits per heavy atom. The van der Waals surface area contributed by atoms with Gasteiger partial charge in [-0.2, -0.15) is 0 Å². The maximum absolute atomic E-state index is 5.78. The molecule has 5 nitrogen and oxygen atoms in total. The third-order valence-corrected chi connectivity index (χ3v) is 3.68. The average molecular weight is 269 g/mol. The summed E-state index contributed by atoms with van der Waals surface area (Å²) >= 11 is 0. The minimum atomic E-state index is 0.334. The highest BCUT2D eigenvalue weighted by Gasteiger charge is 2.21. The van der Waals surface area contributed by atoms with E-state index in [0.29, 0.717) is 12.5 Å². The van der Waals surface area contributed by atoms with Gasteiger partial charge in [0.15, 0.2) is 0 Å². The molecule has 0 spiro atoms. The molecule has 0 bridgehead atoms. The highest BCUT2D eigenvalue weighted by Crippen LogP contribution is 2.22. The second-order valence-electron chi connectivity index (χ2n) is 5.10. The number of hydrogen-bond acceptors (Lipinski definition) is 5. The Bertz CT molecular complexity index is 579. The molecule has 0 saturated carbocycles. The van der Waals surface area contributed by atoms with Gasteiger partial charge in [-0.3, -0.25) is 4.90 Å². The van der Waals surface area contributed by atoms with Gasteiger partial charge in [-0.05, 0) is 5.56 Å². The van der Waals surface area contributed by atoms with E-state index >= 15 is 0 Å². The van der Waals surface area contributed by atoms with Gasteiger partial charge in [-0.25, -0.2) is 9.97 Å². The van der Waals surface area contributed by atoms with E-state index in [-0.39, 0.29) is 0 Å². The summed E-state index contributed by atoms with van der Waals surface area (Å²) in [5.74, 6) is 0.334. The van der Waals surface area contributed by atoms with E-state index in [0.717, 1.165) is 43.0 Å².